The third-order valence-electron chi connectivity index (χ3n) is 5.55. The van der Waals surface area contributed by atoms with Gasteiger partial charge in [0, 0.05) is 23.8 Å². The predicted molar refractivity (Wildman–Crippen MR) is 126 cm³/mol. The molecule has 2 aromatic heterocycles. The first-order valence-electron chi connectivity index (χ1n) is 10.6. The second-order valence-electron chi connectivity index (χ2n) is 8.12. The molecule has 2 aromatic carbocycles. The number of aliphatic hydroxyl groups is 1. The lowest BCUT2D eigenvalue weighted by Crippen LogP contribution is -2.30. The maximum Gasteiger partial charge on any atom is 0.328 e. The summed E-state index contributed by atoms with van der Waals surface area (Å²) in [5.74, 6) is 0. The summed E-state index contributed by atoms with van der Waals surface area (Å²) in [6.45, 7) is 2.41. The second-order valence-corrected chi connectivity index (χ2v) is 8.55. The molecule has 170 valence electrons. The van der Waals surface area contributed by atoms with E-state index >= 15 is 0 Å². The fraction of sp³-hybridized carbons (Fsp3) is 0.250. The SMILES string of the molecule is C[C@@](O)(Cn1nncc1CCCn1ccc(=O)[nH]c1=O)c1ccccc1-c1ccc(Cl)cc1. The molecule has 33 heavy (non-hydrogen) atoms. The van der Waals surface area contributed by atoms with Crippen LogP contribution in [-0.4, -0.2) is 29.7 Å². The van der Waals surface area contributed by atoms with Gasteiger partial charge in [0.15, 0.2) is 0 Å². The summed E-state index contributed by atoms with van der Waals surface area (Å²) in [6.07, 6.45) is 4.39. The molecule has 0 spiro atoms. The standard InChI is InChI=1S/C24H24ClN5O3/c1-24(33,21-7-3-2-6-20(21)17-8-10-18(25)11-9-17)16-30-19(15-26-28-30)5-4-13-29-14-12-22(31)27-23(29)32/h2-3,6-12,14-15,33H,4-5,13,16H2,1H3,(H,27,31,32)/t24-/m1/s1. The summed E-state index contributed by atoms with van der Waals surface area (Å²) in [4.78, 5) is 25.3. The Bertz CT molecular complexity index is 1360. The number of benzene rings is 2. The normalized spacial score (nSPS) is 13.1. The predicted octanol–water partition coefficient (Wildman–Crippen LogP) is 2.99. The fourth-order valence-electron chi connectivity index (χ4n) is 3.87. The Morgan fingerprint density at radius 2 is 1.85 bits per heavy atom. The number of nitrogens with one attached hydrogen (secondary N) is 1. The molecule has 0 amide bonds. The van der Waals surface area contributed by atoms with Gasteiger partial charge >= 0.3 is 5.69 Å². The molecule has 4 rings (SSSR count). The van der Waals surface area contributed by atoms with E-state index in [0.717, 1.165) is 22.4 Å². The molecule has 0 saturated heterocycles. The van der Waals surface area contributed by atoms with Crippen LogP contribution in [0.4, 0.5) is 0 Å². The molecule has 2 N–H and O–H groups in total. The molecule has 0 bridgehead atoms. The van der Waals surface area contributed by atoms with Crippen molar-refractivity contribution in [1.29, 1.82) is 0 Å². The van der Waals surface area contributed by atoms with Gasteiger partial charge in [-0.1, -0.05) is 53.2 Å². The smallest absolute Gasteiger partial charge is 0.328 e. The highest BCUT2D eigenvalue weighted by Crippen LogP contribution is 2.33. The monoisotopic (exact) mass is 465 g/mol. The molecule has 8 nitrogen and oxygen atoms in total. The Morgan fingerprint density at radius 3 is 2.61 bits per heavy atom. The van der Waals surface area contributed by atoms with Crippen LogP contribution < -0.4 is 11.2 Å². The van der Waals surface area contributed by atoms with Crippen LogP contribution in [-0.2, 0) is 25.1 Å². The van der Waals surface area contributed by atoms with Crippen LogP contribution in [0.15, 0.2) is 76.6 Å². The van der Waals surface area contributed by atoms with Gasteiger partial charge in [0.1, 0.15) is 5.60 Å². The minimum absolute atomic E-state index is 0.214. The van der Waals surface area contributed by atoms with E-state index in [1.165, 1.54) is 16.8 Å². The number of nitrogens with zero attached hydrogens (tertiary/aromatic N) is 4. The van der Waals surface area contributed by atoms with Gasteiger partial charge in [-0.3, -0.25) is 9.78 Å². The molecular weight excluding hydrogens is 442 g/mol. The summed E-state index contributed by atoms with van der Waals surface area (Å²) < 4.78 is 3.14. The van der Waals surface area contributed by atoms with E-state index in [4.69, 9.17) is 11.6 Å². The van der Waals surface area contributed by atoms with Crippen molar-refractivity contribution in [1.82, 2.24) is 24.5 Å². The first kappa shape index (κ1) is 22.7. The number of H-pyrrole nitrogens is 1. The van der Waals surface area contributed by atoms with Gasteiger partial charge in [-0.2, -0.15) is 0 Å². The van der Waals surface area contributed by atoms with E-state index in [2.05, 4.69) is 15.3 Å². The van der Waals surface area contributed by atoms with E-state index in [9.17, 15) is 14.7 Å². The van der Waals surface area contributed by atoms with Gasteiger partial charge in [0.25, 0.3) is 5.56 Å². The average molecular weight is 466 g/mol. The molecule has 4 aromatic rings. The molecular formula is C24H24ClN5O3. The van der Waals surface area contributed by atoms with Crippen molar-refractivity contribution in [3.8, 4) is 11.1 Å². The van der Waals surface area contributed by atoms with Gasteiger partial charge in [0.05, 0.1) is 18.4 Å². The Labute approximate surface area is 195 Å². The lowest BCUT2D eigenvalue weighted by molar-refractivity contribution is 0.0337. The minimum Gasteiger partial charge on any atom is -0.383 e. The molecule has 0 saturated carbocycles. The molecule has 0 radical (unpaired) electrons. The summed E-state index contributed by atoms with van der Waals surface area (Å²) in [5.41, 5.74) is 1.42. The van der Waals surface area contributed by atoms with Crippen molar-refractivity contribution >= 4 is 11.6 Å². The Morgan fingerprint density at radius 1 is 1.09 bits per heavy atom. The molecule has 2 heterocycles. The molecule has 0 aliphatic rings. The van der Waals surface area contributed by atoms with E-state index in [-0.39, 0.29) is 6.54 Å². The Balaban J connectivity index is 1.51. The van der Waals surface area contributed by atoms with E-state index < -0.39 is 16.9 Å². The van der Waals surface area contributed by atoms with Crippen molar-refractivity contribution in [2.75, 3.05) is 0 Å². The van der Waals surface area contributed by atoms with Gasteiger partial charge in [-0.05, 0) is 48.6 Å². The first-order valence-corrected chi connectivity index (χ1v) is 11.0. The van der Waals surface area contributed by atoms with Crippen LogP contribution in [0.5, 0.6) is 0 Å². The van der Waals surface area contributed by atoms with Crippen molar-refractivity contribution < 1.29 is 5.11 Å². The van der Waals surface area contributed by atoms with Crippen molar-refractivity contribution in [3.63, 3.8) is 0 Å². The molecule has 0 fully saturated rings. The molecule has 0 aliphatic carbocycles. The Hall–Kier alpha value is -3.49. The lowest BCUT2D eigenvalue weighted by atomic mass is 9.88. The number of hydrogen-bond acceptors (Lipinski definition) is 5. The van der Waals surface area contributed by atoms with Crippen LogP contribution in [0.3, 0.4) is 0 Å². The highest BCUT2D eigenvalue weighted by atomic mass is 35.5. The summed E-state index contributed by atoms with van der Waals surface area (Å²) in [7, 11) is 0. The maximum atomic E-state index is 11.8. The van der Waals surface area contributed by atoms with E-state index in [1.54, 1.807) is 17.8 Å². The first-order chi connectivity index (χ1) is 15.8. The van der Waals surface area contributed by atoms with E-state index in [1.807, 2.05) is 48.5 Å². The van der Waals surface area contributed by atoms with Crippen LogP contribution in [0.2, 0.25) is 5.02 Å². The third kappa shape index (κ3) is 5.30. The minimum atomic E-state index is -1.21. The third-order valence-corrected chi connectivity index (χ3v) is 5.80. The quantitative estimate of drug-likeness (QED) is 0.416. The maximum absolute atomic E-state index is 11.8. The van der Waals surface area contributed by atoms with Gasteiger partial charge in [-0.25, -0.2) is 9.48 Å². The van der Waals surface area contributed by atoms with Gasteiger partial charge < -0.3 is 9.67 Å². The average Bonchev–Trinajstić information content (AvgIpc) is 3.22. The van der Waals surface area contributed by atoms with Crippen LogP contribution in [0.1, 0.15) is 24.6 Å². The highest BCUT2D eigenvalue weighted by molar-refractivity contribution is 6.30. The number of aromatic amines is 1. The zero-order valence-electron chi connectivity index (χ0n) is 18.1. The zero-order chi connectivity index (χ0) is 23.4. The second kappa shape index (κ2) is 9.56. The molecule has 0 unspecified atom stereocenters. The summed E-state index contributed by atoms with van der Waals surface area (Å²) >= 11 is 6.03. The molecule has 9 heteroatoms. The Kier molecular flexibility index (Phi) is 6.57. The fourth-order valence-corrected chi connectivity index (χ4v) is 3.99. The van der Waals surface area contributed by atoms with Crippen LogP contribution in [0.25, 0.3) is 11.1 Å². The zero-order valence-corrected chi connectivity index (χ0v) is 18.9. The number of halogens is 1. The number of aryl methyl sites for hydroxylation is 2. The van der Waals surface area contributed by atoms with E-state index in [0.29, 0.717) is 24.4 Å². The summed E-state index contributed by atoms with van der Waals surface area (Å²) in [5, 5.41) is 20.3. The highest BCUT2D eigenvalue weighted by Gasteiger charge is 2.28. The van der Waals surface area contributed by atoms with Crippen LogP contribution >= 0.6 is 11.6 Å². The number of aromatic nitrogens is 5. The molecule has 0 aliphatic heterocycles. The van der Waals surface area contributed by atoms with Gasteiger partial charge in [-0.15, -0.1) is 5.10 Å². The van der Waals surface area contributed by atoms with Crippen molar-refractivity contribution in [2.45, 2.75) is 38.5 Å². The number of hydrogen-bond donors (Lipinski definition) is 2. The van der Waals surface area contributed by atoms with Crippen LogP contribution in [0, 0.1) is 0 Å². The van der Waals surface area contributed by atoms with Crippen molar-refractivity contribution in [2.24, 2.45) is 0 Å². The lowest BCUT2D eigenvalue weighted by Gasteiger charge is -2.27. The number of rotatable bonds is 8. The van der Waals surface area contributed by atoms with Gasteiger partial charge in [0.2, 0.25) is 0 Å². The van der Waals surface area contributed by atoms with Crippen molar-refractivity contribution in [3.05, 3.63) is 104 Å². The summed E-state index contributed by atoms with van der Waals surface area (Å²) in [6, 6.07) is 16.5. The molecule has 1 atom stereocenters. The topological polar surface area (TPSA) is 106 Å². The largest absolute Gasteiger partial charge is 0.383 e.